The molecule has 0 saturated carbocycles. The van der Waals surface area contributed by atoms with E-state index in [0.29, 0.717) is 24.3 Å². The third-order valence-corrected chi connectivity index (χ3v) is 7.04. The Kier molecular flexibility index (Phi) is 7.15. The van der Waals surface area contributed by atoms with Gasteiger partial charge in [0.15, 0.2) is 0 Å². The highest BCUT2D eigenvalue weighted by Gasteiger charge is 2.26. The van der Waals surface area contributed by atoms with E-state index >= 15 is 0 Å². The van der Waals surface area contributed by atoms with Crippen LogP contribution in [0.3, 0.4) is 0 Å². The highest BCUT2D eigenvalue weighted by atomic mass is 32.2. The molecule has 0 atom stereocenters. The Morgan fingerprint density at radius 1 is 1.00 bits per heavy atom. The Labute approximate surface area is 179 Å². The SMILES string of the molecule is Cc1ccc(S(=O)(=O)N2CCCCCC2)cc1C(=O)Nc1ccc(OC(C)C)cc1. The number of benzene rings is 2. The molecular formula is C23H30N2O4S. The first-order chi connectivity index (χ1) is 14.3. The topological polar surface area (TPSA) is 75.7 Å². The van der Waals surface area contributed by atoms with Crippen LogP contribution in [0.4, 0.5) is 5.69 Å². The van der Waals surface area contributed by atoms with E-state index in [-0.39, 0.29) is 16.9 Å². The number of rotatable bonds is 6. The fourth-order valence-electron chi connectivity index (χ4n) is 3.52. The predicted octanol–water partition coefficient (Wildman–Crippen LogP) is 4.60. The second-order valence-corrected chi connectivity index (χ2v) is 9.88. The first kappa shape index (κ1) is 22.3. The Morgan fingerprint density at radius 2 is 1.63 bits per heavy atom. The molecule has 0 spiro atoms. The number of amides is 1. The second-order valence-electron chi connectivity index (χ2n) is 7.94. The summed E-state index contributed by atoms with van der Waals surface area (Å²) in [7, 11) is -3.61. The zero-order valence-corrected chi connectivity index (χ0v) is 18.7. The lowest BCUT2D eigenvalue weighted by molar-refractivity contribution is 0.102. The average molecular weight is 431 g/mol. The van der Waals surface area contributed by atoms with Crippen molar-refractivity contribution in [3.05, 3.63) is 53.6 Å². The molecule has 2 aromatic carbocycles. The zero-order valence-electron chi connectivity index (χ0n) is 17.8. The minimum atomic E-state index is -3.61. The van der Waals surface area contributed by atoms with Crippen LogP contribution in [0, 0.1) is 6.92 Å². The molecule has 30 heavy (non-hydrogen) atoms. The van der Waals surface area contributed by atoms with E-state index in [4.69, 9.17) is 4.74 Å². The monoisotopic (exact) mass is 430 g/mol. The van der Waals surface area contributed by atoms with Crippen LogP contribution >= 0.6 is 0 Å². The molecule has 3 rings (SSSR count). The summed E-state index contributed by atoms with van der Waals surface area (Å²) in [5.74, 6) is 0.391. The van der Waals surface area contributed by atoms with Crippen LogP contribution in [0.2, 0.25) is 0 Å². The molecule has 1 amide bonds. The molecule has 1 N–H and O–H groups in total. The Morgan fingerprint density at radius 3 is 2.23 bits per heavy atom. The van der Waals surface area contributed by atoms with E-state index < -0.39 is 10.0 Å². The van der Waals surface area contributed by atoms with Crippen LogP contribution in [0.15, 0.2) is 47.4 Å². The number of nitrogens with one attached hydrogen (secondary N) is 1. The number of hydrogen-bond acceptors (Lipinski definition) is 4. The minimum absolute atomic E-state index is 0.0713. The molecule has 6 nitrogen and oxygen atoms in total. The Balaban J connectivity index is 1.79. The zero-order chi connectivity index (χ0) is 21.7. The number of carbonyl (C=O) groups is 1. The Bertz CT molecular complexity index is 977. The second kappa shape index (κ2) is 9.62. The quantitative estimate of drug-likeness (QED) is 0.727. The van der Waals surface area contributed by atoms with Crippen LogP contribution in [-0.2, 0) is 10.0 Å². The molecule has 7 heteroatoms. The highest BCUT2D eigenvalue weighted by Crippen LogP contribution is 2.24. The van der Waals surface area contributed by atoms with E-state index in [0.717, 1.165) is 37.0 Å². The van der Waals surface area contributed by atoms with Crippen molar-refractivity contribution in [3.8, 4) is 5.75 Å². The summed E-state index contributed by atoms with van der Waals surface area (Å²) in [5.41, 5.74) is 1.70. The van der Waals surface area contributed by atoms with Gasteiger partial charge in [-0.3, -0.25) is 4.79 Å². The summed E-state index contributed by atoms with van der Waals surface area (Å²) >= 11 is 0. The molecule has 1 fully saturated rings. The van der Waals surface area contributed by atoms with Crippen molar-refractivity contribution in [1.82, 2.24) is 4.31 Å². The minimum Gasteiger partial charge on any atom is -0.491 e. The first-order valence-corrected chi connectivity index (χ1v) is 11.9. The van der Waals surface area contributed by atoms with Gasteiger partial charge in [0.25, 0.3) is 5.91 Å². The third kappa shape index (κ3) is 5.40. The van der Waals surface area contributed by atoms with Gasteiger partial charge < -0.3 is 10.1 Å². The fourth-order valence-corrected chi connectivity index (χ4v) is 5.07. The van der Waals surface area contributed by atoms with E-state index in [1.165, 1.54) is 6.07 Å². The van der Waals surface area contributed by atoms with Gasteiger partial charge >= 0.3 is 0 Å². The maximum Gasteiger partial charge on any atom is 0.255 e. The molecular weight excluding hydrogens is 400 g/mol. The lowest BCUT2D eigenvalue weighted by Gasteiger charge is -2.20. The molecule has 162 valence electrons. The van der Waals surface area contributed by atoms with Crippen LogP contribution < -0.4 is 10.1 Å². The van der Waals surface area contributed by atoms with Gasteiger partial charge in [0.05, 0.1) is 11.0 Å². The first-order valence-electron chi connectivity index (χ1n) is 10.5. The molecule has 1 aliphatic rings. The maximum absolute atomic E-state index is 13.1. The van der Waals surface area contributed by atoms with Crippen molar-refractivity contribution >= 4 is 21.6 Å². The normalized spacial score (nSPS) is 15.6. The van der Waals surface area contributed by atoms with Gasteiger partial charge in [-0.15, -0.1) is 0 Å². The third-order valence-electron chi connectivity index (χ3n) is 5.14. The van der Waals surface area contributed by atoms with Crippen molar-refractivity contribution in [2.24, 2.45) is 0 Å². The molecule has 1 saturated heterocycles. The van der Waals surface area contributed by atoms with Crippen LogP contribution in [-0.4, -0.2) is 37.8 Å². The lowest BCUT2D eigenvalue weighted by atomic mass is 10.1. The molecule has 0 bridgehead atoms. The number of aryl methyl sites for hydroxylation is 1. The number of anilines is 1. The maximum atomic E-state index is 13.1. The summed E-state index contributed by atoms with van der Waals surface area (Å²) in [6.45, 7) is 6.76. The van der Waals surface area contributed by atoms with Crippen molar-refractivity contribution in [2.75, 3.05) is 18.4 Å². The summed E-state index contributed by atoms with van der Waals surface area (Å²) in [4.78, 5) is 13.0. The number of ether oxygens (including phenoxy) is 1. The lowest BCUT2D eigenvalue weighted by Crippen LogP contribution is -2.32. The van der Waals surface area contributed by atoms with Crippen molar-refractivity contribution in [2.45, 2.75) is 57.5 Å². The number of sulfonamides is 1. The van der Waals surface area contributed by atoms with Gasteiger partial charge in [0, 0.05) is 24.3 Å². The average Bonchev–Trinajstić information content (AvgIpc) is 2.99. The largest absolute Gasteiger partial charge is 0.491 e. The molecule has 2 aromatic rings. The van der Waals surface area contributed by atoms with Gasteiger partial charge in [0.1, 0.15) is 5.75 Å². The molecule has 0 aliphatic carbocycles. The van der Waals surface area contributed by atoms with Gasteiger partial charge in [-0.05, 0) is 75.6 Å². The Hall–Kier alpha value is -2.38. The number of carbonyl (C=O) groups excluding carboxylic acids is 1. The molecule has 0 unspecified atom stereocenters. The summed E-state index contributed by atoms with van der Waals surface area (Å²) in [5, 5.41) is 2.84. The van der Waals surface area contributed by atoms with E-state index in [1.54, 1.807) is 47.6 Å². The smallest absolute Gasteiger partial charge is 0.255 e. The predicted molar refractivity (Wildman–Crippen MR) is 119 cm³/mol. The van der Waals surface area contributed by atoms with Crippen molar-refractivity contribution in [1.29, 1.82) is 0 Å². The standard InChI is InChI=1S/C23H30N2O4S/c1-17(2)29-20-11-9-19(10-12-20)24-23(26)22-16-21(13-8-18(22)3)30(27,28)25-14-6-4-5-7-15-25/h8-13,16-17H,4-7,14-15H2,1-3H3,(H,24,26). The molecule has 1 aliphatic heterocycles. The molecule has 0 aromatic heterocycles. The van der Waals surface area contributed by atoms with Crippen LogP contribution in [0.5, 0.6) is 5.75 Å². The van der Waals surface area contributed by atoms with E-state index in [9.17, 15) is 13.2 Å². The van der Waals surface area contributed by atoms with E-state index in [1.807, 2.05) is 13.8 Å². The number of hydrogen-bond donors (Lipinski definition) is 1. The van der Waals surface area contributed by atoms with Crippen molar-refractivity contribution < 1.29 is 17.9 Å². The van der Waals surface area contributed by atoms with Gasteiger partial charge in [0.2, 0.25) is 10.0 Å². The van der Waals surface area contributed by atoms with Gasteiger partial charge in [-0.1, -0.05) is 18.9 Å². The summed E-state index contributed by atoms with van der Waals surface area (Å²) < 4.78 is 33.3. The molecule has 1 heterocycles. The van der Waals surface area contributed by atoms with E-state index in [2.05, 4.69) is 5.32 Å². The van der Waals surface area contributed by atoms with Gasteiger partial charge in [-0.25, -0.2) is 8.42 Å². The summed E-state index contributed by atoms with van der Waals surface area (Å²) in [6, 6.07) is 11.9. The molecule has 0 radical (unpaired) electrons. The van der Waals surface area contributed by atoms with Crippen molar-refractivity contribution in [3.63, 3.8) is 0 Å². The fraction of sp³-hybridized carbons (Fsp3) is 0.435. The van der Waals surface area contributed by atoms with Gasteiger partial charge in [-0.2, -0.15) is 4.31 Å². The van der Waals surface area contributed by atoms with Crippen LogP contribution in [0.25, 0.3) is 0 Å². The summed E-state index contributed by atoms with van der Waals surface area (Å²) in [6.07, 6.45) is 3.91. The number of nitrogens with zero attached hydrogens (tertiary/aromatic N) is 1. The van der Waals surface area contributed by atoms with Crippen LogP contribution in [0.1, 0.15) is 55.5 Å². The highest BCUT2D eigenvalue weighted by molar-refractivity contribution is 7.89.